The molecule has 2 fully saturated rings. The van der Waals surface area contributed by atoms with Crippen molar-refractivity contribution in [3.05, 3.63) is 29.6 Å². The van der Waals surface area contributed by atoms with E-state index in [1.807, 2.05) is 6.92 Å². The SMILES string of the molecule is Cc1nc(Sc2ccnc(N)n2)c(N)nc1N1CCC2(CC=C(C3CC3)[C@H]2N)CC1. The molecule has 5 rings (SSSR count). The van der Waals surface area contributed by atoms with Crippen molar-refractivity contribution >= 4 is 29.3 Å². The number of anilines is 3. The van der Waals surface area contributed by atoms with E-state index < -0.39 is 0 Å². The van der Waals surface area contributed by atoms with Gasteiger partial charge in [-0.2, -0.15) is 0 Å². The zero-order chi connectivity index (χ0) is 20.9. The first-order valence-corrected chi connectivity index (χ1v) is 11.4. The fourth-order valence-corrected chi connectivity index (χ4v) is 5.63. The molecule has 1 saturated heterocycles. The Hall–Kier alpha value is -2.39. The lowest BCUT2D eigenvalue weighted by atomic mass is 9.72. The highest BCUT2D eigenvalue weighted by molar-refractivity contribution is 7.99. The number of rotatable bonds is 4. The third-order valence-electron chi connectivity index (χ3n) is 6.76. The van der Waals surface area contributed by atoms with Gasteiger partial charge in [-0.1, -0.05) is 11.6 Å². The molecular weight excluding hydrogens is 396 g/mol. The van der Waals surface area contributed by atoms with Crippen LogP contribution in [0, 0.1) is 18.3 Å². The van der Waals surface area contributed by atoms with Crippen molar-refractivity contribution in [2.75, 3.05) is 29.5 Å². The highest BCUT2D eigenvalue weighted by Crippen LogP contribution is 2.51. The van der Waals surface area contributed by atoms with Crippen LogP contribution in [0.1, 0.15) is 37.8 Å². The second-order valence-electron chi connectivity index (χ2n) is 8.69. The van der Waals surface area contributed by atoms with E-state index in [-0.39, 0.29) is 17.4 Å². The Labute approximate surface area is 180 Å². The molecule has 2 aromatic heterocycles. The Balaban J connectivity index is 1.29. The number of aryl methyl sites for hydroxylation is 1. The van der Waals surface area contributed by atoms with Gasteiger partial charge in [-0.05, 0) is 68.2 Å². The molecule has 0 unspecified atom stereocenters. The number of piperidine rings is 1. The zero-order valence-corrected chi connectivity index (χ0v) is 18.0. The van der Waals surface area contributed by atoms with Crippen molar-refractivity contribution in [1.82, 2.24) is 19.9 Å². The molecule has 8 nitrogen and oxygen atoms in total. The largest absolute Gasteiger partial charge is 0.381 e. The van der Waals surface area contributed by atoms with Gasteiger partial charge in [-0.3, -0.25) is 0 Å². The predicted molar refractivity (Wildman–Crippen MR) is 119 cm³/mol. The standard InChI is InChI=1S/C21H28N8S/c1-12-18(28-17(23)19(26-12)30-15-5-9-25-20(24)27-15)29-10-7-21(8-11-29)6-4-14(16(21)22)13-2-3-13/h4-5,9,13,16H,2-3,6-8,10-11,22H2,1H3,(H2,23,28)(H2,24,25,27)/t16-/m1/s1. The van der Waals surface area contributed by atoms with E-state index in [0.29, 0.717) is 15.9 Å². The summed E-state index contributed by atoms with van der Waals surface area (Å²) in [6.07, 6.45) is 9.99. The fourth-order valence-electron chi connectivity index (χ4n) is 4.83. The second kappa shape index (κ2) is 7.39. The van der Waals surface area contributed by atoms with E-state index in [0.717, 1.165) is 49.8 Å². The summed E-state index contributed by atoms with van der Waals surface area (Å²) >= 11 is 1.35. The van der Waals surface area contributed by atoms with Crippen LogP contribution in [0.5, 0.6) is 0 Å². The minimum absolute atomic E-state index is 0.225. The maximum Gasteiger partial charge on any atom is 0.221 e. The fraction of sp³-hybridized carbons (Fsp3) is 0.524. The van der Waals surface area contributed by atoms with E-state index in [2.05, 4.69) is 20.9 Å². The number of hydrogen-bond acceptors (Lipinski definition) is 9. The molecule has 3 aliphatic rings. The van der Waals surface area contributed by atoms with E-state index in [9.17, 15) is 0 Å². The van der Waals surface area contributed by atoms with Crippen LogP contribution in [0.2, 0.25) is 0 Å². The number of allylic oxidation sites excluding steroid dienone is 1. The monoisotopic (exact) mass is 424 g/mol. The number of nitrogens with zero attached hydrogens (tertiary/aromatic N) is 5. The van der Waals surface area contributed by atoms with Gasteiger partial charge >= 0.3 is 0 Å². The number of nitrogen functional groups attached to an aromatic ring is 2. The Bertz CT molecular complexity index is 994. The first kappa shape index (κ1) is 19.6. The summed E-state index contributed by atoms with van der Waals surface area (Å²) in [5, 5.41) is 1.34. The zero-order valence-electron chi connectivity index (χ0n) is 17.2. The van der Waals surface area contributed by atoms with Gasteiger partial charge in [0.25, 0.3) is 0 Å². The van der Waals surface area contributed by atoms with Crippen molar-refractivity contribution in [1.29, 1.82) is 0 Å². The van der Waals surface area contributed by atoms with Gasteiger partial charge in [0.05, 0.1) is 5.69 Å². The molecule has 2 aliphatic carbocycles. The molecule has 0 amide bonds. The van der Waals surface area contributed by atoms with Crippen LogP contribution in [0.25, 0.3) is 0 Å². The smallest absolute Gasteiger partial charge is 0.221 e. The van der Waals surface area contributed by atoms with E-state index >= 15 is 0 Å². The molecule has 1 saturated carbocycles. The van der Waals surface area contributed by atoms with Gasteiger partial charge in [-0.25, -0.2) is 19.9 Å². The number of nitrogens with two attached hydrogens (primary N) is 3. The normalized spacial score (nSPS) is 23.1. The van der Waals surface area contributed by atoms with Gasteiger partial charge in [0.1, 0.15) is 10.1 Å². The molecule has 1 spiro atoms. The first-order valence-electron chi connectivity index (χ1n) is 10.6. The van der Waals surface area contributed by atoms with Crippen molar-refractivity contribution in [2.24, 2.45) is 17.1 Å². The molecule has 0 aromatic carbocycles. The van der Waals surface area contributed by atoms with Gasteiger partial charge in [0.15, 0.2) is 11.6 Å². The maximum atomic E-state index is 6.71. The third-order valence-corrected chi connectivity index (χ3v) is 7.69. The van der Waals surface area contributed by atoms with Crippen LogP contribution in [0.15, 0.2) is 34.0 Å². The van der Waals surface area contributed by atoms with Crippen molar-refractivity contribution in [3.63, 3.8) is 0 Å². The van der Waals surface area contributed by atoms with Gasteiger partial charge in [-0.15, -0.1) is 0 Å². The Kier molecular flexibility index (Phi) is 4.82. The third kappa shape index (κ3) is 3.50. The quantitative estimate of drug-likeness (QED) is 0.500. The lowest BCUT2D eigenvalue weighted by Gasteiger charge is -2.43. The van der Waals surface area contributed by atoms with Gasteiger partial charge in [0.2, 0.25) is 5.95 Å². The highest BCUT2D eigenvalue weighted by Gasteiger charge is 2.47. The van der Waals surface area contributed by atoms with Crippen molar-refractivity contribution < 1.29 is 0 Å². The molecule has 0 radical (unpaired) electrons. The number of hydrogen-bond donors (Lipinski definition) is 3. The lowest BCUT2D eigenvalue weighted by molar-refractivity contribution is 0.203. The minimum atomic E-state index is 0.225. The van der Waals surface area contributed by atoms with Crippen molar-refractivity contribution in [3.8, 4) is 0 Å². The summed E-state index contributed by atoms with van der Waals surface area (Å²) in [5.74, 6) is 2.27. The summed E-state index contributed by atoms with van der Waals surface area (Å²) in [6, 6.07) is 2.01. The molecule has 9 heteroatoms. The van der Waals surface area contributed by atoms with Crippen LogP contribution in [-0.2, 0) is 0 Å². The lowest BCUT2D eigenvalue weighted by Crippen LogP contribution is -2.48. The predicted octanol–water partition coefficient (Wildman–Crippen LogP) is 2.54. The van der Waals surface area contributed by atoms with Gasteiger partial charge < -0.3 is 22.1 Å². The summed E-state index contributed by atoms with van der Waals surface area (Å²) in [5.41, 5.74) is 21.3. The van der Waals surface area contributed by atoms with Gasteiger partial charge in [0, 0.05) is 25.3 Å². The second-order valence-corrected chi connectivity index (χ2v) is 9.70. The molecule has 6 N–H and O–H groups in total. The summed E-state index contributed by atoms with van der Waals surface area (Å²) in [7, 11) is 0. The minimum Gasteiger partial charge on any atom is -0.381 e. The Morgan fingerprint density at radius 3 is 2.60 bits per heavy atom. The van der Waals surface area contributed by atoms with Crippen LogP contribution in [-0.4, -0.2) is 39.1 Å². The average Bonchev–Trinajstić information content (AvgIpc) is 3.52. The molecule has 3 heterocycles. The summed E-state index contributed by atoms with van der Waals surface area (Å²) in [4.78, 5) is 19.8. The van der Waals surface area contributed by atoms with Crippen LogP contribution >= 0.6 is 11.8 Å². The van der Waals surface area contributed by atoms with E-state index in [1.165, 1.54) is 30.2 Å². The highest BCUT2D eigenvalue weighted by atomic mass is 32.2. The molecule has 2 aromatic rings. The molecule has 30 heavy (non-hydrogen) atoms. The summed E-state index contributed by atoms with van der Waals surface area (Å²) < 4.78 is 0. The Morgan fingerprint density at radius 2 is 1.90 bits per heavy atom. The molecular formula is C21H28N8S. The molecule has 1 atom stereocenters. The molecule has 158 valence electrons. The molecule has 1 aliphatic heterocycles. The average molecular weight is 425 g/mol. The number of aromatic nitrogens is 4. The Morgan fingerprint density at radius 1 is 1.13 bits per heavy atom. The summed E-state index contributed by atoms with van der Waals surface area (Å²) in [6.45, 7) is 3.85. The van der Waals surface area contributed by atoms with E-state index in [1.54, 1.807) is 12.3 Å². The van der Waals surface area contributed by atoms with Crippen LogP contribution in [0.4, 0.5) is 17.6 Å². The molecule has 0 bridgehead atoms. The van der Waals surface area contributed by atoms with E-state index in [4.69, 9.17) is 27.2 Å². The first-order chi connectivity index (χ1) is 14.4. The van der Waals surface area contributed by atoms with Crippen LogP contribution in [0.3, 0.4) is 0 Å². The van der Waals surface area contributed by atoms with Crippen molar-refractivity contribution in [2.45, 2.75) is 55.1 Å². The topological polar surface area (TPSA) is 133 Å². The van der Waals surface area contributed by atoms with Crippen LogP contribution < -0.4 is 22.1 Å². The maximum absolute atomic E-state index is 6.71.